The SMILES string of the molecule is CC(C)N([C@@H](C)C(=O)O)P(=O)(CO[C@@H](C)Cn1cnc2c(N)ncnc21)ON=C(Cc1ccccc1)Cc1ccccc1. The fourth-order valence-electron chi connectivity index (χ4n) is 4.80. The standard InChI is InChI=1S/C30H38N7O5P/c1-21(2)37(23(4)30(38)39)43(40,20-41-22(3)17-36-19-34-27-28(31)32-18-33-29(27)36)42-35-26(15-24-11-7-5-8-12-24)16-25-13-9-6-10-14-25/h5-14,18-19,21-23H,15-17,20H2,1-4H3,(H,38,39)(H2,31,32,33)/t22-,23-,43?/m0/s1. The molecule has 0 amide bonds. The number of anilines is 1. The Bertz CT molecular complexity index is 1540. The molecule has 3 atom stereocenters. The van der Waals surface area contributed by atoms with Crippen molar-refractivity contribution in [1.29, 1.82) is 0 Å². The van der Waals surface area contributed by atoms with E-state index in [1.807, 2.05) is 60.7 Å². The lowest BCUT2D eigenvalue weighted by Gasteiger charge is -2.35. The van der Waals surface area contributed by atoms with Gasteiger partial charge in [-0.25, -0.2) is 19.6 Å². The van der Waals surface area contributed by atoms with Crippen LogP contribution in [0, 0.1) is 0 Å². The molecule has 0 saturated heterocycles. The Balaban J connectivity index is 1.61. The number of fused-ring (bicyclic) bond motifs is 1. The lowest BCUT2D eigenvalue weighted by molar-refractivity contribution is -0.141. The Morgan fingerprint density at radius 1 is 1.00 bits per heavy atom. The lowest BCUT2D eigenvalue weighted by atomic mass is 10.0. The Morgan fingerprint density at radius 2 is 1.60 bits per heavy atom. The summed E-state index contributed by atoms with van der Waals surface area (Å²) in [5.74, 6) is -0.865. The molecule has 2 heterocycles. The number of ether oxygens (including phenoxy) is 1. The van der Waals surface area contributed by atoms with Crippen molar-refractivity contribution in [2.75, 3.05) is 12.1 Å². The second-order valence-corrected chi connectivity index (χ2v) is 12.8. The van der Waals surface area contributed by atoms with Crippen LogP contribution in [0.25, 0.3) is 11.2 Å². The number of nitrogens with zero attached hydrogens (tertiary/aromatic N) is 6. The van der Waals surface area contributed by atoms with Gasteiger partial charge < -0.3 is 24.8 Å². The number of rotatable bonds is 15. The van der Waals surface area contributed by atoms with Crippen molar-refractivity contribution in [3.8, 4) is 0 Å². The third-order valence-electron chi connectivity index (χ3n) is 6.84. The van der Waals surface area contributed by atoms with Crippen LogP contribution in [0.2, 0.25) is 0 Å². The number of benzene rings is 2. The van der Waals surface area contributed by atoms with E-state index in [4.69, 9.17) is 15.1 Å². The minimum atomic E-state index is -3.99. The summed E-state index contributed by atoms with van der Waals surface area (Å²) in [6.07, 6.45) is 3.00. The number of hydrogen-bond donors (Lipinski definition) is 2. The maximum absolute atomic E-state index is 14.6. The third-order valence-corrected chi connectivity index (χ3v) is 9.16. The number of carboxylic acids is 1. The number of aliphatic carboxylic acids is 1. The van der Waals surface area contributed by atoms with E-state index >= 15 is 0 Å². The van der Waals surface area contributed by atoms with Crippen molar-refractivity contribution in [2.45, 2.75) is 65.3 Å². The molecular formula is C30H38N7O5P. The molecule has 228 valence electrons. The summed E-state index contributed by atoms with van der Waals surface area (Å²) >= 11 is 0. The predicted molar refractivity (Wildman–Crippen MR) is 166 cm³/mol. The number of nitrogens with two attached hydrogens (primary N) is 1. The third kappa shape index (κ3) is 8.25. The zero-order chi connectivity index (χ0) is 31.0. The van der Waals surface area contributed by atoms with Crippen molar-refractivity contribution in [1.82, 2.24) is 24.2 Å². The van der Waals surface area contributed by atoms with Crippen LogP contribution in [0.15, 0.2) is 78.5 Å². The molecule has 13 heteroatoms. The molecule has 2 aromatic heterocycles. The first-order chi connectivity index (χ1) is 20.6. The number of aromatic nitrogens is 4. The highest BCUT2D eigenvalue weighted by Gasteiger charge is 2.42. The normalized spacial score (nSPS) is 14.4. The highest BCUT2D eigenvalue weighted by atomic mass is 31.2. The maximum Gasteiger partial charge on any atom is 0.367 e. The molecule has 0 bridgehead atoms. The quantitative estimate of drug-likeness (QED) is 0.107. The average Bonchev–Trinajstić information content (AvgIpc) is 3.39. The van der Waals surface area contributed by atoms with Crippen LogP contribution in [-0.4, -0.2) is 65.5 Å². The molecule has 0 radical (unpaired) electrons. The van der Waals surface area contributed by atoms with E-state index in [2.05, 4.69) is 20.1 Å². The van der Waals surface area contributed by atoms with E-state index in [-0.39, 0.29) is 12.2 Å². The summed E-state index contributed by atoms with van der Waals surface area (Å²) < 4.78 is 29.7. The van der Waals surface area contributed by atoms with Crippen molar-refractivity contribution in [3.63, 3.8) is 0 Å². The summed E-state index contributed by atoms with van der Waals surface area (Å²) in [5.41, 5.74) is 9.59. The van der Waals surface area contributed by atoms with Gasteiger partial charge in [0.2, 0.25) is 0 Å². The second-order valence-electron chi connectivity index (χ2n) is 10.6. The molecular weight excluding hydrogens is 569 g/mol. The molecule has 4 aromatic rings. The fraction of sp³-hybridized carbons (Fsp3) is 0.367. The molecule has 0 aliphatic carbocycles. The number of hydrogen-bond acceptors (Lipinski definition) is 9. The number of carbonyl (C=O) groups is 1. The molecule has 2 aromatic carbocycles. The molecule has 1 unspecified atom stereocenters. The highest BCUT2D eigenvalue weighted by Crippen LogP contribution is 2.54. The smallest absolute Gasteiger partial charge is 0.367 e. The second kappa shape index (κ2) is 14.4. The van der Waals surface area contributed by atoms with E-state index in [0.29, 0.717) is 36.3 Å². The van der Waals surface area contributed by atoms with Gasteiger partial charge in [-0.3, -0.25) is 9.36 Å². The topological polar surface area (TPSA) is 158 Å². The molecule has 0 aliphatic rings. The van der Waals surface area contributed by atoms with Gasteiger partial charge in [0.15, 0.2) is 11.5 Å². The minimum absolute atomic E-state index is 0.269. The molecule has 0 fully saturated rings. The van der Waals surface area contributed by atoms with E-state index in [1.165, 1.54) is 17.9 Å². The van der Waals surface area contributed by atoms with Gasteiger partial charge in [-0.15, -0.1) is 0 Å². The van der Waals surface area contributed by atoms with Crippen LogP contribution in [0.5, 0.6) is 0 Å². The summed E-state index contributed by atoms with van der Waals surface area (Å²) in [5, 5.41) is 14.3. The summed E-state index contributed by atoms with van der Waals surface area (Å²) in [6, 6.07) is 18.0. The molecule has 0 saturated carbocycles. The number of imidazole rings is 1. The first-order valence-electron chi connectivity index (χ1n) is 14.0. The van der Waals surface area contributed by atoms with Crippen molar-refractivity contribution in [3.05, 3.63) is 84.4 Å². The fourth-order valence-corrected chi connectivity index (χ4v) is 7.08. The van der Waals surface area contributed by atoms with E-state index in [1.54, 1.807) is 31.7 Å². The number of oxime groups is 1. The minimum Gasteiger partial charge on any atom is -0.480 e. The van der Waals surface area contributed by atoms with Gasteiger partial charge in [-0.05, 0) is 38.8 Å². The van der Waals surface area contributed by atoms with Crippen LogP contribution < -0.4 is 5.73 Å². The summed E-state index contributed by atoms with van der Waals surface area (Å²) in [4.78, 5) is 24.6. The molecule has 3 N–H and O–H groups in total. The Kier molecular flexibility index (Phi) is 10.6. The first-order valence-corrected chi connectivity index (χ1v) is 15.8. The summed E-state index contributed by atoms with van der Waals surface area (Å²) in [7, 11) is -3.99. The van der Waals surface area contributed by atoms with Crippen LogP contribution in [-0.2, 0) is 38.1 Å². The van der Waals surface area contributed by atoms with E-state index < -0.39 is 31.7 Å². The molecule has 43 heavy (non-hydrogen) atoms. The molecule has 0 aliphatic heterocycles. The van der Waals surface area contributed by atoms with Gasteiger partial charge in [-0.2, -0.15) is 0 Å². The van der Waals surface area contributed by atoms with Gasteiger partial charge in [0.25, 0.3) is 0 Å². The van der Waals surface area contributed by atoms with Crippen molar-refractivity contribution >= 4 is 36.2 Å². The zero-order valence-corrected chi connectivity index (χ0v) is 25.7. The van der Waals surface area contributed by atoms with Gasteiger partial charge in [0.05, 0.1) is 24.7 Å². The van der Waals surface area contributed by atoms with Gasteiger partial charge in [-0.1, -0.05) is 65.8 Å². The number of nitrogen functional groups attached to an aromatic ring is 1. The largest absolute Gasteiger partial charge is 0.480 e. The van der Waals surface area contributed by atoms with Gasteiger partial charge in [0.1, 0.15) is 24.2 Å². The van der Waals surface area contributed by atoms with Crippen molar-refractivity contribution < 1.29 is 23.8 Å². The maximum atomic E-state index is 14.6. The van der Waals surface area contributed by atoms with Crippen LogP contribution >= 0.6 is 7.52 Å². The average molecular weight is 608 g/mol. The van der Waals surface area contributed by atoms with Crippen LogP contribution in [0.4, 0.5) is 5.82 Å². The highest BCUT2D eigenvalue weighted by molar-refractivity contribution is 7.56. The number of carboxylic acid groups (broad SMARTS) is 1. The molecule has 4 rings (SSSR count). The van der Waals surface area contributed by atoms with Gasteiger partial charge in [0, 0.05) is 18.9 Å². The van der Waals surface area contributed by atoms with Crippen LogP contribution in [0.3, 0.4) is 0 Å². The van der Waals surface area contributed by atoms with Crippen LogP contribution in [0.1, 0.15) is 38.8 Å². The molecule has 12 nitrogen and oxygen atoms in total. The van der Waals surface area contributed by atoms with E-state index in [9.17, 15) is 14.5 Å². The monoisotopic (exact) mass is 607 g/mol. The Labute approximate surface area is 251 Å². The van der Waals surface area contributed by atoms with Crippen molar-refractivity contribution in [2.24, 2.45) is 5.16 Å². The Hall–Kier alpha value is -4.12. The zero-order valence-electron chi connectivity index (χ0n) is 24.8. The van der Waals surface area contributed by atoms with E-state index in [0.717, 1.165) is 11.1 Å². The predicted octanol–water partition coefficient (Wildman–Crippen LogP) is 5.01. The first kappa shape index (κ1) is 31.8. The summed E-state index contributed by atoms with van der Waals surface area (Å²) in [6.45, 7) is 7.13. The lowest BCUT2D eigenvalue weighted by Crippen LogP contribution is -2.42. The molecule has 0 spiro atoms. The van der Waals surface area contributed by atoms with Gasteiger partial charge >= 0.3 is 13.5 Å². The Morgan fingerprint density at radius 3 is 2.16 bits per heavy atom.